The van der Waals surface area contributed by atoms with E-state index in [0.717, 1.165) is 0 Å². The van der Waals surface area contributed by atoms with E-state index < -0.39 is 0 Å². The number of rotatable bonds is 0. The molecule has 0 heterocycles. The molecule has 2 nitrogen and oxygen atoms in total. The molecule has 0 fully saturated rings. The summed E-state index contributed by atoms with van der Waals surface area (Å²) in [5.41, 5.74) is 6.31. The van der Waals surface area contributed by atoms with Crippen molar-refractivity contribution in [2.24, 2.45) is 0 Å². The predicted molar refractivity (Wildman–Crippen MR) is 47.8 cm³/mol. The first-order valence-electron chi connectivity index (χ1n) is 2.69. The number of anilines is 1. The fourth-order valence-electron chi connectivity index (χ4n) is 0.625. The standard InChI is InChI=1S/C7H5ClN2.ClH/c8-6-1-2-7(10)5(3-6)4-9;/h1-3H,10H2;1H. The van der Waals surface area contributed by atoms with E-state index in [1.54, 1.807) is 12.1 Å². The first-order valence-corrected chi connectivity index (χ1v) is 3.07. The molecule has 4 heteroatoms. The maximum atomic E-state index is 8.45. The van der Waals surface area contributed by atoms with Gasteiger partial charge in [-0.25, -0.2) is 0 Å². The van der Waals surface area contributed by atoms with Crippen molar-refractivity contribution in [3.63, 3.8) is 0 Å². The summed E-state index contributed by atoms with van der Waals surface area (Å²) in [6.07, 6.45) is 0. The molecule has 0 bridgehead atoms. The molecular weight excluding hydrogens is 183 g/mol. The summed E-state index contributed by atoms with van der Waals surface area (Å²) in [7, 11) is 0. The Labute approximate surface area is 76.0 Å². The Kier molecular flexibility index (Phi) is 3.73. The Morgan fingerprint density at radius 1 is 1.45 bits per heavy atom. The van der Waals surface area contributed by atoms with Crippen molar-refractivity contribution in [1.29, 1.82) is 5.26 Å². The fourth-order valence-corrected chi connectivity index (χ4v) is 0.797. The van der Waals surface area contributed by atoms with Crippen LogP contribution in [0.3, 0.4) is 0 Å². The van der Waals surface area contributed by atoms with E-state index in [9.17, 15) is 0 Å². The van der Waals surface area contributed by atoms with E-state index >= 15 is 0 Å². The van der Waals surface area contributed by atoms with Crippen LogP contribution in [0.25, 0.3) is 0 Å². The Hall–Kier alpha value is -0.910. The molecule has 0 aliphatic heterocycles. The van der Waals surface area contributed by atoms with Crippen molar-refractivity contribution in [2.75, 3.05) is 5.73 Å². The van der Waals surface area contributed by atoms with Gasteiger partial charge in [-0.2, -0.15) is 5.26 Å². The second-order valence-corrected chi connectivity index (χ2v) is 2.28. The molecule has 0 aliphatic carbocycles. The normalized spacial score (nSPS) is 8.00. The van der Waals surface area contributed by atoms with Crippen molar-refractivity contribution < 1.29 is 0 Å². The first kappa shape index (κ1) is 10.1. The third-order valence-electron chi connectivity index (χ3n) is 1.14. The molecule has 0 unspecified atom stereocenters. The zero-order valence-corrected chi connectivity index (χ0v) is 7.12. The fraction of sp³-hybridized carbons (Fsp3) is 0. The highest BCUT2D eigenvalue weighted by atomic mass is 35.5. The number of hydrogen-bond donors (Lipinski definition) is 1. The number of nitrogens with two attached hydrogens (primary N) is 1. The summed E-state index contributed by atoms with van der Waals surface area (Å²) in [6, 6.07) is 6.73. The predicted octanol–water partition coefficient (Wildman–Crippen LogP) is 2.22. The van der Waals surface area contributed by atoms with Gasteiger partial charge in [-0.05, 0) is 18.2 Å². The van der Waals surface area contributed by atoms with Crippen LogP contribution in [0, 0.1) is 11.3 Å². The van der Waals surface area contributed by atoms with Crippen LogP contribution in [0.1, 0.15) is 5.56 Å². The first-order chi connectivity index (χ1) is 4.74. The Morgan fingerprint density at radius 2 is 2.09 bits per heavy atom. The molecule has 0 aromatic heterocycles. The maximum absolute atomic E-state index is 8.45. The Morgan fingerprint density at radius 3 is 2.55 bits per heavy atom. The van der Waals surface area contributed by atoms with Gasteiger partial charge in [0.25, 0.3) is 0 Å². The lowest BCUT2D eigenvalue weighted by Gasteiger charge is -1.94. The smallest absolute Gasteiger partial charge is 0.101 e. The van der Waals surface area contributed by atoms with Crippen LogP contribution in [0.4, 0.5) is 5.69 Å². The third kappa shape index (κ3) is 2.30. The van der Waals surface area contributed by atoms with Gasteiger partial charge < -0.3 is 5.73 Å². The van der Waals surface area contributed by atoms with Crippen LogP contribution in [-0.4, -0.2) is 0 Å². The molecule has 0 atom stereocenters. The Balaban J connectivity index is 0.000001000. The molecule has 1 rings (SSSR count). The van der Waals surface area contributed by atoms with Gasteiger partial charge >= 0.3 is 0 Å². The second-order valence-electron chi connectivity index (χ2n) is 1.84. The molecule has 2 N–H and O–H groups in total. The van der Waals surface area contributed by atoms with Crippen molar-refractivity contribution >= 4 is 29.7 Å². The minimum absolute atomic E-state index is 0. The van der Waals surface area contributed by atoms with Gasteiger partial charge in [-0.3, -0.25) is 0 Å². The zero-order chi connectivity index (χ0) is 7.56. The molecule has 1 aromatic rings. The quantitative estimate of drug-likeness (QED) is 0.636. The van der Waals surface area contributed by atoms with Crippen LogP contribution in [0.15, 0.2) is 18.2 Å². The van der Waals surface area contributed by atoms with Gasteiger partial charge in [-0.1, -0.05) is 11.6 Å². The minimum Gasteiger partial charge on any atom is -0.398 e. The second kappa shape index (κ2) is 4.07. The summed E-state index contributed by atoms with van der Waals surface area (Å²) in [4.78, 5) is 0. The van der Waals surface area contributed by atoms with Crippen LogP contribution in [0.5, 0.6) is 0 Å². The number of benzene rings is 1. The minimum atomic E-state index is 0. The molecule has 0 aliphatic rings. The highest BCUT2D eigenvalue weighted by Gasteiger charge is 1.96. The summed E-state index contributed by atoms with van der Waals surface area (Å²) < 4.78 is 0. The lowest BCUT2D eigenvalue weighted by molar-refractivity contribution is 1.48. The average Bonchev–Trinajstić information content (AvgIpc) is 1.94. The van der Waals surface area contributed by atoms with Crippen molar-refractivity contribution in [2.45, 2.75) is 0 Å². The van der Waals surface area contributed by atoms with Gasteiger partial charge in [0.15, 0.2) is 0 Å². The molecule has 58 valence electrons. The van der Waals surface area contributed by atoms with Crippen molar-refractivity contribution in [1.82, 2.24) is 0 Å². The molecule has 1 aromatic carbocycles. The van der Waals surface area contributed by atoms with Crippen LogP contribution in [0.2, 0.25) is 5.02 Å². The summed E-state index contributed by atoms with van der Waals surface area (Å²) in [6.45, 7) is 0. The SMILES string of the molecule is Cl.N#Cc1cc(Cl)ccc1N. The van der Waals surface area contributed by atoms with Crippen LogP contribution >= 0.6 is 24.0 Å². The largest absolute Gasteiger partial charge is 0.398 e. The molecule has 0 saturated heterocycles. The van der Waals surface area contributed by atoms with Gasteiger partial charge in [0.2, 0.25) is 0 Å². The van der Waals surface area contributed by atoms with Gasteiger partial charge in [0.05, 0.1) is 5.56 Å². The topological polar surface area (TPSA) is 49.8 Å². The molecule has 0 spiro atoms. The molecule has 0 amide bonds. The molecular formula is C7H6Cl2N2. The highest BCUT2D eigenvalue weighted by Crippen LogP contribution is 2.16. The van der Waals surface area contributed by atoms with Gasteiger partial charge in [0.1, 0.15) is 6.07 Å². The van der Waals surface area contributed by atoms with Crippen molar-refractivity contribution in [3.05, 3.63) is 28.8 Å². The van der Waals surface area contributed by atoms with Crippen molar-refractivity contribution in [3.8, 4) is 6.07 Å². The van der Waals surface area contributed by atoms with Gasteiger partial charge in [0, 0.05) is 10.7 Å². The van der Waals surface area contributed by atoms with E-state index in [1.807, 2.05) is 6.07 Å². The summed E-state index contributed by atoms with van der Waals surface area (Å²) >= 11 is 5.59. The summed E-state index contributed by atoms with van der Waals surface area (Å²) in [5, 5.41) is 8.99. The monoisotopic (exact) mass is 188 g/mol. The lowest BCUT2D eigenvalue weighted by atomic mass is 10.2. The lowest BCUT2D eigenvalue weighted by Crippen LogP contribution is -1.88. The van der Waals surface area contributed by atoms with Crippen LogP contribution < -0.4 is 5.73 Å². The van der Waals surface area contributed by atoms with E-state index in [0.29, 0.717) is 16.3 Å². The zero-order valence-electron chi connectivity index (χ0n) is 5.54. The van der Waals surface area contributed by atoms with E-state index in [4.69, 9.17) is 22.6 Å². The van der Waals surface area contributed by atoms with Gasteiger partial charge in [-0.15, -0.1) is 12.4 Å². The number of nitriles is 1. The van der Waals surface area contributed by atoms with Crippen LogP contribution in [-0.2, 0) is 0 Å². The number of hydrogen-bond acceptors (Lipinski definition) is 2. The Bertz CT molecular complexity index is 291. The number of nitrogen functional groups attached to an aromatic ring is 1. The molecule has 11 heavy (non-hydrogen) atoms. The maximum Gasteiger partial charge on any atom is 0.101 e. The molecule has 0 radical (unpaired) electrons. The number of nitrogens with zero attached hydrogens (tertiary/aromatic N) is 1. The van der Waals surface area contributed by atoms with E-state index in [1.165, 1.54) is 6.07 Å². The van der Waals surface area contributed by atoms with E-state index in [-0.39, 0.29) is 12.4 Å². The third-order valence-corrected chi connectivity index (χ3v) is 1.37. The average molecular weight is 189 g/mol. The number of halogens is 2. The summed E-state index contributed by atoms with van der Waals surface area (Å²) in [5.74, 6) is 0. The molecule has 0 saturated carbocycles. The van der Waals surface area contributed by atoms with E-state index in [2.05, 4.69) is 0 Å². The highest BCUT2D eigenvalue weighted by molar-refractivity contribution is 6.30.